The first-order valence-corrected chi connectivity index (χ1v) is 5.68. The van der Waals surface area contributed by atoms with Crippen LogP contribution in [0.1, 0.15) is 15.4 Å². The minimum Gasteiger partial charge on any atom is -0.382 e. The summed E-state index contributed by atoms with van der Waals surface area (Å²) in [5, 5.41) is 8.94. The van der Waals surface area contributed by atoms with Crippen LogP contribution in [0.25, 0.3) is 0 Å². The van der Waals surface area contributed by atoms with Gasteiger partial charge in [-0.1, -0.05) is 11.6 Å². The van der Waals surface area contributed by atoms with Crippen molar-refractivity contribution in [3.63, 3.8) is 0 Å². The molecule has 0 aliphatic rings. The van der Waals surface area contributed by atoms with Gasteiger partial charge in [0.05, 0.1) is 10.9 Å². The largest absolute Gasteiger partial charge is 0.382 e. The number of rotatable bonds is 3. The van der Waals surface area contributed by atoms with Crippen molar-refractivity contribution >= 4 is 34.7 Å². The highest BCUT2D eigenvalue weighted by Crippen LogP contribution is 2.21. The van der Waals surface area contributed by atoms with Crippen molar-refractivity contribution in [2.75, 3.05) is 5.73 Å². The van der Waals surface area contributed by atoms with Gasteiger partial charge in [0.25, 0.3) is 5.91 Å². The van der Waals surface area contributed by atoms with E-state index in [-0.39, 0.29) is 5.91 Å². The second kappa shape index (κ2) is 4.54. The number of H-pyrrole nitrogens is 1. The van der Waals surface area contributed by atoms with Crippen molar-refractivity contribution in [3.05, 3.63) is 33.1 Å². The third-order valence-corrected chi connectivity index (χ3v) is 3.13. The number of hydrogen-bond acceptors (Lipinski definition) is 4. The van der Waals surface area contributed by atoms with Crippen LogP contribution in [-0.4, -0.2) is 16.1 Å². The molecule has 2 aromatic rings. The molecule has 7 heteroatoms. The van der Waals surface area contributed by atoms with Crippen molar-refractivity contribution < 1.29 is 4.79 Å². The van der Waals surface area contributed by atoms with Gasteiger partial charge in [-0.15, -0.1) is 11.3 Å². The van der Waals surface area contributed by atoms with Crippen molar-refractivity contribution in [2.24, 2.45) is 0 Å². The first kappa shape index (κ1) is 11.0. The molecule has 0 atom stereocenters. The quantitative estimate of drug-likeness (QED) is 0.781. The van der Waals surface area contributed by atoms with Crippen LogP contribution in [0, 0.1) is 0 Å². The number of aromatic amines is 1. The van der Waals surface area contributed by atoms with E-state index in [1.807, 2.05) is 6.07 Å². The number of nitrogen functional groups attached to an aromatic ring is 1. The van der Waals surface area contributed by atoms with Crippen LogP contribution in [0.2, 0.25) is 4.34 Å². The Labute approximate surface area is 101 Å². The van der Waals surface area contributed by atoms with Gasteiger partial charge in [-0.05, 0) is 12.1 Å². The summed E-state index contributed by atoms with van der Waals surface area (Å²) in [4.78, 5) is 12.6. The molecule has 0 aliphatic carbocycles. The number of hydrogen-bond donors (Lipinski definition) is 3. The van der Waals surface area contributed by atoms with Gasteiger partial charge in [0.2, 0.25) is 0 Å². The van der Waals surface area contributed by atoms with Crippen LogP contribution < -0.4 is 11.1 Å². The van der Waals surface area contributed by atoms with Crippen molar-refractivity contribution in [1.82, 2.24) is 15.5 Å². The summed E-state index contributed by atoms with van der Waals surface area (Å²) in [6.07, 6.45) is 0. The standard InChI is InChI=1S/C9H9ClN4OS/c10-7-2-1-5(16-7)4-12-9(15)6-3-8(11)14-13-6/h1-3H,4H2,(H,12,15)(H3,11,13,14). The molecule has 2 aromatic heterocycles. The van der Waals surface area contributed by atoms with Gasteiger partial charge in [0, 0.05) is 10.9 Å². The van der Waals surface area contributed by atoms with E-state index in [1.165, 1.54) is 17.4 Å². The number of thiophene rings is 1. The zero-order valence-electron chi connectivity index (χ0n) is 8.16. The Morgan fingerprint density at radius 2 is 2.44 bits per heavy atom. The van der Waals surface area contributed by atoms with E-state index in [0.29, 0.717) is 22.4 Å². The first-order chi connectivity index (χ1) is 7.65. The van der Waals surface area contributed by atoms with Crippen LogP contribution >= 0.6 is 22.9 Å². The lowest BCUT2D eigenvalue weighted by atomic mass is 10.4. The maximum absolute atomic E-state index is 11.6. The van der Waals surface area contributed by atoms with Gasteiger partial charge in [-0.25, -0.2) is 0 Å². The summed E-state index contributed by atoms with van der Waals surface area (Å²) in [5.41, 5.74) is 5.74. The lowest BCUT2D eigenvalue weighted by Gasteiger charge is -2.00. The summed E-state index contributed by atoms with van der Waals surface area (Å²) < 4.78 is 0.704. The molecule has 0 aromatic carbocycles. The highest BCUT2D eigenvalue weighted by atomic mass is 35.5. The van der Waals surface area contributed by atoms with Crippen molar-refractivity contribution in [2.45, 2.75) is 6.54 Å². The molecule has 0 saturated carbocycles. The van der Waals surface area contributed by atoms with Crippen LogP contribution in [-0.2, 0) is 6.54 Å². The lowest BCUT2D eigenvalue weighted by Crippen LogP contribution is -2.22. The average molecular weight is 257 g/mol. The molecule has 5 nitrogen and oxygen atoms in total. The van der Waals surface area contributed by atoms with Gasteiger partial charge in [-0.2, -0.15) is 5.10 Å². The number of aromatic nitrogens is 2. The maximum Gasteiger partial charge on any atom is 0.269 e. The molecular weight excluding hydrogens is 248 g/mol. The van der Waals surface area contributed by atoms with Crippen LogP contribution in [0.3, 0.4) is 0 Å². The lowest BCUT2D eigenvalue weighted by molar-refractivity contribution is 0.0946. The second-order valence-electron chi connectivity index (χ2n) is 3.09. The van der Waals surface area contributed by atoms with Crippen LogP contribution in [0.15, 0.2) is 18.2 Å². The zero-order chi connectivity index (χ0) is 11.5. The van der Waals surface area contributed by atoms with E-state index >= 15 is 0 Å². The number of nitrogens with two attached hydrogens (primary N) is 1. The number of nitrogens with zero attached hydrogens (tertiary/aromatic N) is 1. The van der Waals surface area contributed by atoms with Gasteiger partial charge in [-0.3, -0.25) is 9.89 Å². The fraction of sp³-hybridized carbons (Fsp3) is 0.111. The summed E-state index contributed by atoms with van der Waals surface area (Å²) in [7, 11) is 0. The maximum atomic E-state index is 11.6. The Bertz CT molecular complexity index is 507. The number of carbonyl (C=O) groups is 1. The summed E-state index contributed by atoms with van der Waals surface area (Å²) >= 11 is 7.20. The number of nitrogens with one attached hydrogen (secondary N) is 2. The molecule has 0 bridgehead atoms. The van der Waals surface area contributed by atoms with Gasteiger partial charge >= 0.3 is 0 Å². The molecule has 4 N–H and O–H groups in total. The molecule has 0 saturated heterocycles. The van der Waals surface area contributed by atoms with Crippen LogP contribution in [0.5, 0.6) is 0 Å². The number of halogens is 1. The average Bonchev–Trinajstić information content (AvgIpc) is 2.84. The second-order valence-corrected chi connectivity index (χ2v) is 4.89. The molecule has 0 spiro atoms. The number of amides is 1. The molecule has 0 unspecified atom stereocenters. The van der Waals surface area contributed by atoms with E-state index in [1.54, 1.807) is 6.07 Å². The minimum absolute atomic E-state index is 0.242. The fourth-order valence-electron chi connectivity index (χ4n) is 1.16. The molecule has 84 valence electrons. The summed E-state index contributed by atoms with van der Waals surface area (Å²) in [6, 6.07) is 5.15. The highest BCUT2D eigenvalue weighted by Gasteiger charge is 2.08. The van der Waals surface area contributed by atoms with E-state index in [2.05, 4.69) is 15.5 Å². The molecular formula is C9H9ClN4OS. The molecule has 1 amide bonds. The number of carbonyl (C=O) groups excluding carboxylic acids is 1. The zero-order valence-corrected chi connectivity index (χ0v) is 9.73. The van der Waals surface area contributed by atoms with Gasteiger partial charge < -0.3 is 11.1 Å². The topological polar surface area (TPSA) is 83.8 Å². The van der Waals surface area contributed by atoms with Crippen LogP contribution in [0.4, 0.5) is 5.82 Å². The normalized spacial score (nSPS) is 10.3. The molecule has 16 heavy (non-hydrogen) atoms. The fourth-order valence-corrected chi connectivity index (χ4v) is 2.19. The van der Waals surface area contributed by atoms with E-state index < -0.39 is 0 Å². The third-order valence-electron chi connectivity index (χ3n) is 1.89. The molecule has 0 fully saturated rings. The third kappa shape index (κ3) is 2.53. The molecule has 2 rings (SSSR count). The van der Waals surface area contributed by atoms with Gasteiger partial charge in [0.15, 0.2) is 0 Å². The Hall–Kier alpha value is -1.53. The summed E-state index contributed by atoms with van der Waals surface area (Å²) in [5.74, 6) is 0.0537. The predicted octanol–water partition coefficient (Wildman–Crippen LogP) is 1.64. The van der Waals surface area contributed by atoms with Gasteiger partial charge in [0.1, 0.15) is 11.5 Å². The Morgan fingerprint density at radius 3 is 3.00 bits per heavy atom. The smallest absolute Gasteiger partial charge is 0.269 e. The first-order valence-electron chi connectivity index (χ1n) is 4.48. The van der Waals surface area contributed by atoms with E-state index in [9.17, 15) is 4.79 Å². The SMILES string of the molecule is Nc1cc(C(=O)NCc2ccc(Cl)s2)[nH]n1. The molecule has 2 heterocycles. The Morgan fingerprint density at radius 1 is 1.62 bits per heavy atom. The monoisotopic (exact) mass is 256 g/mol. The highest BCUT2D eigenvalue weighted by molar-refractivity contribution is 7.16. The number of anilines is 1. The van der Waals surface area contributed by atoms with E-state index in [4.69, 9.17) is 17.3 Å². The predicted molar refractivity (Wildman–Crippen MR) is 63.5 cm³/mol. The molecule has 0 radical (unpaired) electrons. The minimum atomic E-state index is -0.242. The Kier molecular flexibility index (Phi) is 3.12. The molecule has 0 aliphatic heterocycles. The van der Waals surface area contributed by atoms with E-state index in [0.717, 1.165) is 4.88 Å². The van der Waals surface area contributed by atoms with Crippen molar-refractivity contribution in [3.8, 4) is 0 Å². The Balaban J connectivity index is 1.93. The summed E-state index contributed by atoms with van der Waals surface area (Å²) in [6.45, 7) is 0.440. The van der Waals surface area contributed by atoms with Crippen molar-refractivity contribution in [1.29, 1.82) is 0 Å².